The molecule has 14 aromatic carbocycles. The van der Waals surface area contributed by atoms with E-state index in [-0.39, 0.29) is 0 Å². The topological polar surface area (TPSA) is 59.0 Å². The molecule has 0 aliphatic rings. The second-order valence-electron chi connectivity index (χ2n) is 22.7. The Bertz CT molecular complexity index is 5450. The van der Waals surface area contributed by atoms with Crippen LogP contribution in [-0.4, -0.2) is 0 Å². The Morgan fingerprint density at radius 2 is 0.456 bits per heavy atom. The summed E-state index contributed by atoms with van der Waals surface area (Å²) in [5, 5.41) is 8.78. The van der Waals surface area contributed by atoms with Crippen molar-refractivity contribution in [1.29, 1.82) is 0 Å². The van der Waals surface area contributed by atoms with E-state index in [1.54, 1.807) is 0 Å². The highest BCUT2D eigenvalue weighted by Gasteiger charge is 2.24. The molecule has 0 bridgehead atoms. The number of hydrogen-bond acceptors (Lipinski definition) is 6. The predicted molar refractivity (Wildman–Crippen MR) is 373 cm³/mol. The molecule has 6 heteroatoms. The fraction of sp³-hybridized carbons (Fsp3) is 0. The lowest BCUT2D eigenvalue weighted by molar-refractivity contribution is 0.666. The zero-order chi connectivity index (χ0) is 59.5. The van der Waals surface area contributed by atoms with Crippen molar-refractivity contribution >= 4 is 122 Å². The molecular formula is C84H54N2O4. The molecule has 4 heterocycles. The van der Waals surface area contributed by atoms with E-state index in [0.29, 0.717) is 0 Å². The van der Waals surface area contributed by atoms with Gasteiger partial charge in [0.1, 0.15) is 33.5 Å². The van der Waals surface area contributed by atoms with Gasteiger partial charge in [-0.2, -0.15) is 0 Å². The van der Waals surface area contributed by atoms with E-state index in [1.807, 2.05) is 48.5 Å². The van der Waals surface area contributed by atoms with Gasteiger partial charge >= 0.3 is 0 Å². The summed E-state index contributed by atoms with van der Waals surface area (Å²) in [5.74, 6) is 0. The van der Waals surface area contributed by atoms with Crippen molar-refractivity contribution in [3.63, 3.8) is 0 Å². The molecule has 6 nitrogen and oxygen atoms in total. The first-order valence-electron chi connectivity index (χ1n) is 30.4. The lowest BCUT2D eigenvalue weighted by Crippen LogP contribution is -2.10. The molecule has 0 aliphatic heterocycles. The van der Waals surface area contributed by atoms with Gasteiger partial charge in [-0.05, 0) is 154 Å². The largest absolute Gasteiger partial charge is 0.456 e. The lowest BCUT2D eigenvalue weighted by Gasteiger charge is -2.26. The zero-order valence-corrected chi connectivity index (χ0v) is 48.7. The van der Waals surface area contributed by atoms with Gasteiger partial charge in [0, 0.05) is 65.8 Å². The van der Waals surface area contributed by atoms with Crippen LogP contribution in [0.1, 0.15) is 0 Å². The van der Waals surface area contributed by atoms with Crippen LogP contribution in [0.15, 0.2) is 345 Å². The second kappa shape index (κ2) is 22.0. The number of fused-ring (bicyclic) bond motifs is 12. The molecule has 0 spiro atoms. The molecule has 0 aliphatic carbocycles. The quantitative estimate of drug-likeness (QED) is 0.136. The van der Waals surface area contributed by atoms with Gasteiger partial charge in [-0.3, -0.25) is 0 Å². The predicted octanol–water partition coefficient (Wildman–Crippen LogP) is 24.6. The van der Waals surface area contributed by atoms with E-state index >= 15 is 0 Å². The maximum Gasteiger partial charge on any atom is 0.159 e. The summed E-state index contributed by atoms with van der Waals surface area (Å²) < 4.78 is 25.4. The Kier molecular flexibility index (Phi) is 12.8. The summed E-state index contributed by atoms with van der Waals surface area (Å²) in [7, 11) is 0. The molecule has 0 unspecified atom stereocenters. The Labute approximate surface area is 518 Å². The van der Waals surface area contributed by atoms with Crippen molar-refractivity contribution in [1.82, 2.24) is 0 Å². The summed E-state index contributed by atoms with van der Waals surface area (Å²) in [6.07, 6.45) is 0. The molecule has 18 aromatic rings. The smallest absolute Gasteiger partial charge is 0.159 e. The minimum Gasteiger partial charge on any atom is -0.456 e. The molecule has 0 N–H and O–H groups in total. The van der Waals surface area contributed by atoms with E-state index in [9.17, 15) is 0 Å². The van der Waals surface area contributed by atoms with Gasteiger partial charge in [-0.25, -0.2) is 0 Å². The molecule has 90 heavy (non-hydrogen) atoms. The van der Waals surface area contributed by atoms with Crippen LogP contribution >= 0.6 is 0 Å². The van der Waals surface area contributed by atoms with Gasteiger partial charge in [0.2, 0.25) is 0 Å². The maximum atomic E-state index is 6.55. The Hall–Kier alpha value is -12.1. The van der Waals surface area contributed by atoms with Gasteiger partial charge in [0.15, 0.2) is 11.2 Å². The third kappa shape index (κ3) is 9.30. The number of anilines is 6. The van der Waals surface area contributed by atoms with Gasteiger partial charge < -0.3 is 27.5 Å². The lowest BCUT2D eigenvalue weighted by atomic mass is 9.99. The summed E-state index contributed by atoms with van der Waals surface area (Å²) in [6, 6.07) is 115. The van der Waals surface area contributed by atoms with Gasteiger partial charge in [-0.1, -0.05) is 218 Å². The standard InChI is InChI=1S/2C42H27NO2/c1-2-11-28(12-3-1)30-13-8-14-31(27-30)29-23-25-32(26-24-29)43(37-19-9-17-35-33-15-4-6-21-39(33)44-41(35)37)38-20-10-18-36-34-16-5-7-22-40(34)45-42(36)38;1-2-9-28(10-3-1)30-11-8-12-31(25-30)29-17-19-32(20-18-29)43(33-21-23-41-37(26-33)35-13-4-6-15-39(35)44-41)34-22-24-42-38(27-34)36-14-5-7-16-40(36)45-42/h2*1-27H. The van der Waals surface area contributed by atoms with Crippen LogP contribution in [0.3, 0.4) is 0 Å². The SMILES string of the molecule is c1ccc(-c2cccc(-c3ccc(N(c4ccc5oc6ccccc6c5c4)c4ccc5oc6ccccc6c5c4)cc3)c2)cc1.c1ccc(-c2cccc(-c3ccc(N(c4cccc5c4oc4ccccc45)c4cccc5c4oc4ccccc45)cc3)c2)cc1. The van der Waals surface area contributed by atoms with Crippen LogP contribution in [0.25, 0.3) is 132 Å². The van der Waals surface area contributed by atoms with Crippen molar-refractivity contribution in [2.45, 2.75) is 0 Å². The van der Waals surface area contributed by atoms with Crippen LogP contribution in [0.2, 0.25) is 0 Å². The summed E-state index contributed by atoms with van der Waals surface area (Å²) in [4.78, 5) is 4.58. The molecule has 4 aromatic heterocycles. The van der Waals surface area contributed by atoms with Gasteiger partial charge in [-0.15, -0.1) is 0 Å². The first kappa shape index (κ1) is 52.2. The normalized spacial score (nSPS) is 11.6. The van der Waals surface area contributed by atoms with Crippen molar-refractivity contribution in [2.75, 3.05) is 9.80 Å². The second-order valence-corrected chi connectivity index (χ2v) is 22.7. The van der Waals surface area contributed by atoms with Crippen molar-refractivity contribution < 1.29 is 17.7 Å². The first-order valence-corrected chi connectivity index (χ1v) is 30.4. The highest BCUT2D eigenvalue weighted by atomic mass is 16.3. The fourth-order valence-corrected chi connectivity index (χ4v) is 13.0. The van der Waals surface area contributed by atoms with E-state index in [2.05, 4.69) is 289 Å². The molecular weight excluding hydrogens is 1100 g/mol. The van der Waals surface area contributed by atoms with E-state index in [4.69, 9.17) is 17.7 Å². The highest BCUT2D eigenvalue weighted by molar-refractivity contribution is 6.14. The molecule has 18 rings (SSSR count). The molecule has 0 amide bonds. The highest BCUT2D eigenvalue weighted by Crippen LogP contribution is 2.47. The Morgan fingerprint density at radius 3 is 0.867 bits per heavy atom. The molecule has 0 saturated carbocycles. The molecule has 0 saturated heterocycles. The molecule has 0 atom stereocenters. The molecule has 0 fully saturated rings. The Balaban J connectivity index is 0.000000139. The maximum absolute atomic E-state index is 6.55. The van der Waals surface area contributed by atoms with Crippen LogP contribution in [0.4, 0.5) is 34.1 Å². The van der Waals surface area contributed by atoms with Crippen molar-refractivity contribution in [3.8, 4) is 44.5 Å². The molecule has 424 valence electrons. The monoisotopic (exact) mass is 1150 g/mol. The average Bonchev–Trinajstić information content (AvgIpc) is 1.62. The number of rotatable bonds is 10. The average molecular weight is 1160 g/mol. The summed E-state index contributed by atoms with van der Waals surface area (Å²) >= 11 is 0. The van der Waals surface area contributed by atoms with Crippen molar-refractivity contribution in [3.05, 3.63) is 328 Å². The van der Waals surface area contributed by atoms with E-state index < -0.39 is 0 Å². The minimum absolute atomic E-state index is 0.839. The number of benzene rings is 14. The first-order chi connectivity index (χ1) is 44.6. The van der Waals surface area contributed by atoms with Crippen LogP contribution in [0.5, 0.6) is 0 Å². The zero-order valence-electron chi connectivity index (χ0n) is 48.7. The van der Waals surface area contributed by atoms with Crippen LogP contribution in [-0.2, 0) is 0 Å². The number of hydrogen-bond donors (Lipinski definition) is 0. The minimum atomic E-state index is 0.839. The Morgan fingerprint density at radius 1 is 0.167 bits per heavy atom. The van der Waals surface area contributed by atoms with E-state index in [1.165, 1.54) is 38.9 Å². The third-order valence-corrected chi connectivity index (χ3v) is 17.3. The van der Waals surface area contributed by atoms with E-state index in [0.717, 1.165) is 127 Å². The van der Waals surface area contributed by atoms with Crippen LogP contribution < -0.4 is 9.80 Å². The summed E-state index contributed by atoms with van der Waals surface area (Å²) in [6.45, 7) is 0. The van der Waals surface area contributed by atoms with Crippen molar-refractivity contribution in [2.24, 2.45) is 0 Å². The van der Waals surface area contributed by atoms with Gasteiger partial charge in [0.25, 0.3) is 0 Å². The fourth-order valence-electron chi connectivity index (χ4n) is 13.0. The molecule has 0 radical (unpaired) electrons. The number of furan rings is 4. The summed E-state index contributed by atoms with van der Waals surface area (Å²) in [5.41, 5.74) is 22.6. The number of para-hydroxylation sites is 6. The third-order valence-electron chi connectivity index (χ3n) is 17.3. The van der Waals surface area contributed by atoms with Gasteiger partial charge in [0.05, 0.1) is 11.4 Å². The number of nitrogens with zero attached hydrogens (tertiary/aromatic N) is 2. The van der Waals surface area contributed by atoms with Crippen LogP contribution in [0, 0.1) is 0 Å².